The van der Waals surface area contributed by atoms with E-state index in [9.17, 15) is 0 Å². The van der Waals surface area contributed by atoms with Crippen LogP contribution in [0.4, 0.5) is 11.6 Å². The summed E-state index contributed by atoms with van der Waals surface area (Å²) in [6, 6.07) is 1.90. The molecule has 20 heavy (non-hydrogen) atoms. The molecule has 2 N–H and O–H groups in total. The number of hydrogen-bond acceptors (Lipinski definition) is 6. The predicted molar refractivity (Wildman–Crippen MR) is 78.8 cm³/mol. The van der Waals surface area contributed by atoms with Crippen molar-refractivity contribution in [3.8, 4) is 0 Å². The molecule has 0 atom stereocenters. The summed E-state index contributed by atoms with van der Waals surface area (Å²) in [5.74, 6) is 4.00. The topological polar surface area (TPSA) is 75.9 Å². The van der Waals surface area contributed by atoms with E-state index in [2.05, 4.69) is 25.6 Å². The molecule has 6 nitrogen and oxygen atoms in total. The Morgan fingerprint density at radius 2 is 1.80 bits per heavy atom. The Balaban J connectivity index is 2.05. The zero-order valence-electron chi connectivity index (χ0n) is 12.2. The SMILES string of the molecule is CCNc1cc(NCc2ncc(CC)o2)nc(CC)n1. The Labute approximate surface area is 119 Å². The van der Waals surface area contributed by atoms with Crippen LogP contribution in [0.5, 0.6) is 0 Å². The van der Waals surface area contributed by atoms with Gasteiger partial charge in [0.15, 0.2) is 0 Å². The summed E-state index contributed by atoms with van der Waals surface area (Å²) >= 11 is 0. The Morgan fingerprint density at radius 1 is 1.05 bits per heavy atom. The van der Waals surface area contributed by atoms with Crippen molar-refractivity contribution in [2.24, 2.45) is 0 Å². The summed E-state index contributed by atoms with van der Waals surface area (Å²) in [5, 5.41) is 6.43. The molecule has 0 saturated carbocycles. The van der Waals surface area contributed by atoms with Crippen molar-refractivity contribution < 1.29 is 4.42 Å². The van der Waals surface area contributed by atoms with E-state index in [1.165, 1.54) is 0 Å². The van der Waals surface area contributed by atoms with Crippen LogP contribution in [0.2, 0.25) is 0 Å². The number of nitrogens with zero attached hydrogens (tertiary/aromatic N) is 3. The lowest BCUT2D eigenvalue weighted by Gasteiger charge is -2.08. The molecule has 2 heterocycles. The monoisotopic (exact) mass is 275 g/mol. The first-order valence-corrected chi connectivity index (χ1v) is 7.04. The molecule has 0 aliphatic carbocycles. The number of oxazole rings is 1. The molecule has 0 unspecified atom stereocenters. The van der Waals surface area contributed by atoms with Crippen LogP contribution in [0.15, 0.2) is 16.7 Å². The molecule has 0 bridgehead atoms. The average molecular weight is 275 g/mol. The molecule has 2 aromatic rings. The third-order valence-electron chi connectivity index (χ3n) is 2.82. The normalized spacial score (nSPS) is 10.6. The van der Waals surface area contributed by atoms with Gasteiger partial charge in [0.05, 0.1) is 12.7 Å². The zero-order chi connectivity index (χ0) is 14.4. The number of hydrogen-bond donors (Lipinski definition) is 2. The third kappa shape index (κ3) is 3.69. The summed E-state index contributed by atoms with van der Waals surface area (Å²) in [5.41, 5.74) is 0. The lowest BCUT2D eigenvalue weighted by Crippen LogP contribution is -2.08. The highest BCUT2D eigenvalue weighted by Gasteiger charge is 2.05. The molecular formula is C14H21N5O. The molecule has 0 fully saturated rings. The van der Waals surface area contributed by atoms with E-state index in [0.29, 0.717) is 12.4 Å². The molecule has 0 aliphatic heterocycles. The number of anilines is 2. The van der Waals surface area contributed by atoms with Crippen LogP contribution < -0.4 is 10.6 Å². The van der Waals surface area contributed by atoms with Gasteiger partial charge >= 0.3 is 0 Å². The van der Waals surface area contributed by atoms with E-state index in [0.717, 1.165) is 42.6 Å². The Kier molecular flexibility index (Phi) is 4.92. The van der Waals surface area contributed by atoms with Gasteiger partial charge in [-0.25, -0.2) is 15.0 Å². The van der Waals surface area contributed by atoms with Gasteiger partial charge < -0.3 is 15.1 Å². The summed E-state index contributed by atoms with van der Waals surface area (Å²) in [6.07, 6.45) is 3.41. The Bertz CT molecular complexity index is 552. The summed E-state index contributed by atoms with van der Waals surface area (Å²) in [4.78, 5) is 13.1. The van der Waals surface area contributed by atoms with E-state index >= 15 is 0 Å². The van der Waals surface area contributed by atoms with Crippen LogP contribution >= 0.6 is 0 Å². The first kappa shape index (κ1) is 14.3. The summed E-state index contributed by atoms with van der Waals surface area (Å²) in [6.45, 7) is 7.47. The highest BCUT2D eigenvalue weighted by Crippen LogP contribution is 2.13. The summed E-state index contributed by atoms with van der Waals surface area (Å²) < 4.78 is 5.56. The van der Waals surface area contributed by atoms with Gasteiger partial charge in [0.1, 0.15) is 23.2 Å². The maximum atomic E-state index is 5.56. The average Bonchev–Trinajstić information content (AvgIpc) is 2.93. The molecule has 0 spiro atoms. The molecule has 0 radical (unpaired) electrons. The van der Waals surface area contributed by atoms with Crippen LogP contribution in [0.1, 0.15) is 38.2 Å². The largest absolute Gasteiger partial charge is 0.444 e. The van der Waals surface area contributed by atoms with Gasteiger partial charge in [-0.3, -0.25) is 0 Å². The van der Waals surface area contributed by atoms with Crippen LogP contribution in [-0.4, -0.2) is 21.5 Å². The van der Waals surface area contributed by atoms with Gasteiger partial charge in [0.2, 0.25) is 5.89 Å². The van der Waals surface area contributed by atoms with Crippen molar-refractivity contribution in [1.82, 2.24) is 15.0 Å². The molecule has 0 saturated heterocycles. The van der Waals surface area contributed by atoms with Gasteiger partial charge in [-0.2, -0.15) is 0 Å². The van der Waals surface area contributed by atoms with Crippen molar-refractivity contribution in [2.75, 3.05) is 17.2 Å². The first-order valence-electron chi connectivity index (χ1n) is 7.04. The van der Waals surface area contributed by atoms with Crippen molar-refractivity contribution in [3.05, 3.63) is 29.7 Å². The van der Waals surface area contributed by atoms with Gasteiger partial charge in [0.25, 0.3) is 0 Å². The van der Waals surface area contributed by atoms with Crippen molar-refractivity contribution in [2.45, 2.75) is 40.2 Å². The minimum absolute atomic E-state index is 0.520. The second-order valence-corrected chi connectivity index (χ2v) is 4.37. The molecule has 0 amide bonds. The van der Waals surface area contributed by atoms with Crippen LogP contribution in [0, 0.1) is 0 Å². The molecular weight excluding hydrogens is 254 g/mol. The quantitative estimate of drug-likeness (QED) is 0.809. The molecule has 0 aromatic carbocycles. The van der Waals surface area contributed by atoms with E-state index in [1.807, 2.05) is 26.8 Å². The highest BCUT2D eigenvalue weighted by atomic mass is 16.4. The fourth-order valence-electron chi connectivity index (χ4n) is 1.78. The van der Waals surface area contributed by atoms with Crippen LogP contribution in [0.3, 0.4) is 0 Å². The second-order valence-electron chi connectivity index (χ2n) is 4.37. The second kappa shape index (κ2) is 6.88. The minimum Gasteiger partial charge on any atom is -0.444 e. The van der Waals surface area contributed by atoms with Crippen molar-refractivity contribution in [1.29, 1.82) is 0 Å². The minimum atomic E-state index is 0.520. The zero-order valence-corrected chi connectivity index (χ0v) is 12.2. The van der Waals surface area contributed by atoms with Crippen molar-refractivity contribution >= 4 is 11.6 Å². The maximum absolute atomic E-state index is 5.56. The standard InChI is InChI=1S/C14H21N5O/c1-4-10-8-17-14(20-10)9-16-13-7-12(15-6-3)18-11(5-2)19-13/h7-8H,4-6,9H2,1-3H3,(H2,15,16,18,19). The maximum Gasteiger partial charge on any atom is 0.213 e. The van der Waals surface area contributed by atoms with Gasteiger partial charge in [-0.15, -0.1) is 0 Å². The van der Waals surface area contributed by atoms with Gasteiger partial charge in [0, 0.05) is 25.5 Å². The number of aryl methyl sites for hydroxylation is 2. The molecule has 0 aliphatic rings. The first-order chi connectivity index (χ1) is 9.75. The van der Waals surface area contributed by atoms with E-state index in [4.69, 9.17) is 4.42 Å². The number of nitrogens with one attached hydrogen (secondary N) is 2. The fraction of sp³-hybridized carbons (Fsp3) is 0.500. The van der Waals surface area contributed by atoms with Crippen molar-refractivity contribution in [3.63, 3.8) is 0 Å². The lowest BCUT2D eigenvalue weighted by molar-refractivity contribution is 0.465. The summed E-state index contributed by atoms with van der Waals surface area (Å²) in [7, 11) is 0. The molecule has 108 valence electrons. The van der Waals surface area contributed by atoms with E-state index < -0.39 is 0 Å². The Hall–Kier alpha value is -2.11. The van der Waals surface area contributed by atoms with Crippen LogP contribution in [-0.2, 0) is 19.4 Å². The number of aromatic nitrogens is 3. The molecule has 2 rings (SSSR count). The van der Waals surface area contributed by atoms with E-state index in [-0.39, 0.29) is 0 Å². The molecule has 2 aromatic heterocycles. The van der Waals surface area contributed by atoms with Gasteiger partial charge in [-0.05, 0) is 6.92 Å². The highest BCUT2D eigenvalue weighted by molar-refractivity contribution is 5.47. The fourth-order valence-corrected chi connectivity index (χ4v) is 1.78. The van der Waals surface area contributed by atoms with Crippen LogP contribution in [0.25, 0.3) is 0 Å². The predicted octanol–water partition coefficient (Wildman–Crippen LogP) is 2.63. The Morgan fingerprint density at radius 3 is 2.40 bits per heavy atom. The number of rotatable bonds is 7. The molecule has 6 heteroatoms. The smallest absolute Gasteiger partial charge is 0.213 e. The third-order valence-corrected chi connectivity index (χ3v) is 2.82. The lowest BCUT2D eigenvalue weighted by atomic mass is 10.4. The van der Waals surface area contributed by atoms with E-state index in [1.54, 1.807) is 6.20 Å². The van der Waals surface area contributed by atoms with Gasteiger partial charge in [-0.1, -0.05) is 13.8 Å².